The molecule has 100 valence electrons. The zero-order valence-electron chi connectivity index (χ0n) is 11.2. The molecular weight excluding hydrogens is 242 g/mol. The van der Waals surface area contributed by atoms with Gasteiger partial charge in [0.15, 0.2) is 0 Å². The van der Waals surface area contributed by atoms with Crippen molar-refractivity contribution in [2.75, 3.05) is 6.26 Å². The fourth-order valence-corrected chi connectivity index (χ4v) is 1.47. The van der Waals surface area contributed by atoms with Gasteiger partial charge >= 0.3 is 12.1 Å². The van der Waals surface area contributed by atoms with Gasteiger partial charge in [0.2, 0.25) is 0 Å². The zero-order chi connectivity index (χ0) is 13.9. The van der Waals surface area contributed by atoms with Crippen LogP contribution in [0.5, 0.6) is 0 Å². The summed E-state index contributed by atoms with van der Waals surface area (Å²) in [5.41, 5.74) is -0.642. The first kappa shape index (κ1) is 16.1. The van der Waals surface area contributed by atoms with Crippen molar-refractivity contribution in [3.05, 3.63) is 0 Å². The maximum absolute atomic E-state index is 11.5. The van der Waals surface area contributed by atoms with Crippen LogP contribution in [0.3, 0.4) is 0 Å². The smallest absolute Gasteiger partial charge is 0.408 e. The molecule has 0 aromatic rings. The highest BCUT2D eigenvalue weighted by Crippen LogP contribution is 2.26. The number of carboxylic acid groups (broad SMARTS) is 1. The van der Waals surface area contributed by atoms with Gasteiger partial charge in [-0.25, -0.2) is 9.59 Å². The minimum absolute atomic E-state index is 0.608. The van der Waals surface area contributed by atoms with E-state index >= 15 is 0 Å². The summed E-state index contributed by atoms with van der Waals surface area (Å²) in [7, 11) is 0. The number of carbonyl (C=O) groups excluding carboxylic acids is 1. The van der Waals surface area contributed by atoms with Gasteiger partial charge in [-0.15, -0.1) is 0 Å². The first-order valence-electron chi connectivity index (χ1n) is 5.27. The van der Waals surface area contributed by atoms with Gasteiger partial charge in [-0.1, -0.05) is 0 Å². The van der Waals surface area contributed by atoms with E-state index in [1.807, 2.05) is 0 Å². The minimum Gasteiger partial charge on any atom is -0.480 e. The second-order valence-electron chi connectivity index (χ2n) is 5.23. The average Bonchev–Trinajstić information content (AvgIpc) is 2.10. The van der Waals surface area contributed by atoms with Gasteiger partial charge in [0.1, 0.15) is 11.6 Å². The standard InChI is InChI=1S/C11H21NO4S/c1-10(2,3)16-9(15)12-7(8(13)14)11(4,5)17-6/h7H,1-6H3,(H,12,15)(H,13,14)/t7-/m1/s1. The summed E-state index contributed by atoms with van der Waals surface area (Å²) >= 11 is 1.37. The number of carbonyl (C=O) groups is 2. The van der Waals surface area contributed by atoms with Crippen LogP contribution in [0.2, 0.25) is 0 Å². The second kappa shape index (κ2) is 5.62. The topological polar surface area (TPSA) is 75.6 Å². The van der Waals surface area contributed by atoms with Gasteiger partial charge in [0.05, 0.1) is 0 Å². The summed E-state index contributed by atoms with van der Waals surface area (Å²) in [5.74, 6) is -1.07. The number of thioether (sulfide) groups is 1. The molecule has 6 heteroatoms. The Morgan fingerprint density at radius 1 is 1.24 bits per heavy atom. The lowest BCUT2D eigenvalue weighted by atomic mass is 10.0. The van der Waals surface area contributed by atoms with Gasteiger partial charge in [-0.05, 0) is 40.9 Å². The van der Waals surface area contributed by atoms with Crippen LogP contribution in [0.1, 0.15) is 34.6 Å². The first-order chi connectivity index (χ1) is 7.49. The quantitative estimate of drug-likeness (QED) is 0.812. The minimum atomic E-state index is -1.07. The van der Waals surface area contributed by atoms with Gasteiger partial charge < -0.3 is 15.2 Å². The van der Waals surface area contributed by atoms with Crippen molar-refractivity contribution in [2.45, 2.75) is 51.0 Å². The molecule has 0 aliphatic heterocycles. The Morgan fingerprint density at radius 2 is 1.71 bits per heavy atom. The van der Waals surface area contributed by atoms with Crippen molar-refractivity contribution < 1.29 is 19.4 Å². The fraction of sp³-hybridized carbons (Fsp3) is 0.818. The third-order valence-corrected chi connectivity index (χ3v) is 3.42. The maximum Gasteiger partial charge on any atom is 0.408 e. The molecule has 0 radical (unpaired) electrons. The van der Waals surface area contributed by atoms with Crippen LogP contribution in [-0.4, -0.2) is 39.8 Å². The molecular formula is C11H21NO4S. The number of carboxylic acids is 1. The monoisotopic (exact) mass is 263 g/mol. The van der Waals surface area contributed by atoms with Gasteiger partial charge in [-0.3, -0.25) is 0 Å². The van der Waals surface area contributed by atoms with E-state index in [0.717, 1.165) is 0 Å². The Hall–Kier alpha value is -0.910. The van der Waals surface area contributed by atoms with E-state index in [2.05, 4.69) is 5.32 Å². The summed E-state index contributed by atoms with van der Waals surface area (Å²) in [4.78, 5) is 22.7. The number of aliphatic carboxylic acids is 1. The Balaban J connectivity index is 4.69. The number of rotatable bonds is 4. The summed E-state index contributed by atoms with van der Waals surface area (Å²) < 4.78 is 4.43. The van der Waals surface area contributed by atoms with E-state index in [-0.39, 0.29) is 0 Å². The molecule has 0 spiro atoms. The van der Waals surface area contributed by atoms with Crippen molar-refractivity contribution in [1.29, 1.82) is 0 Å². The molecule has 0 aromatic carbocycles. The molecule has 0 saturated heterocycles. The molecule has 0 aliphatic rings. The van der Waals surface area contributed by atoms with E-state index in [9.17, 15) is 9.59 Å². The number of alkyl carbamates (subject to hydrolysis) is 1. The molecule has 1 atom stereocenters. The lowest BCUT2D eigenvalue weighted by Crippen LogP contribution is -2.53. The van der Waals surface area contributed by atoms with Crippen molar-refractivity contribution in [3.63, 3.8) is 0 Å². The van der Waals surface area contributed by atoms with Gasteiger partial charge in [0.25, 0.3) is 0 Å². The van der Waals surface area contributed by atoms with E-state index < -0.39 is 28.5 Å². The maximum atomic E-state index is 11.5. The highest BCUT2D eigenvalue weighted by Gasteiger charge is 2.37. The normalized spacial score (nSPS) is 14.0. The Morgan fingerprint density at radius 3 is 2.00 bits per heavy atom. The predicted molar refractivity (Wildman–Crippen MR) is 68.4 cm³/mol. The average molecular weight is 263 g/mol. The number of ether oxygens (including phenoxy) is 1. The van der Waals surface area contributed by atoms with Crippen molar-refractivity contribution in [2.24, 2.45) is 0 Å². The summed E-state index contributed by atoms with van der Waals surface area (Å²) in [5, 5.41) is 11.5. The van der Waals surface area contributed by atoms with Crippen LogP contribution < -0.4 is 5.32 Å². The van der Waals surface area contributed by atoms with Crippen LogP contribution in [0.15, 0.2) is 0 Å². The Kier molecular flexibility index (Phi) is 5.32. The molecule has 0 bridgehead atoms. The number of hydrogen-bond acceptors (Lipinski definition) is 4. The summed E-state index contributed by atoms with van der Waals surface area (Å²) in [6.07, 6.45) is 1.08. The highest BCUT2D eigenvalue weighted by molar-refractivity contribution is 8.00. The first-order valence-corrected chi connectivity index (χ1v) is 6.49. The fourth-order valence-electron chi connectivity index (χ4n) is 1.08. The zero-order valence-corrected chi connectivity index (χ0v) is 12.0. The second-order valence-corrected chi connectivity index (χ2v) is 6.69. The van der Waals surface area contributed by atoms with E-state index in [4.69, 9.17) is 9.84 Å². The molecule has 0 rings (SSSR count). The van der Waals surface area contributed by atoms with Crippen molar-refractivity contribution in [3.8, 4) is 0 Å². The van der Waals surface area contributed by atoms with Crippen LogP contribution in [-0.2, 0) is 9.53 Å². The molecule has 17 heavy (non-hydrogen) atoms. The number of nitrogens with one attached hydrogen (secondary N) is 1. The molecule has 0 heterocycles. The third-order valence-electron chi connectivity index (χ3n) is 2.13. The lowest BCUT2D eigenvalue weighted by Gasteiger charge is -2.31. The largest absolute Gasteiger partial charge is 0.480 e. The van der Waals surface area contributed by atoms with Gasteiger partial charge in [-0.2, -0.15) is 11.8 Å². The number of hydrogen-bond donors (Lipinski definition) is 2. The summed E-state index contributed by atoms with van der Waals surface area (Å²) in [6, 6.07) is -0.993. The molecule has 0 aliphatic carbocycles. The van der Waals surface area contributed by atoms with Crippen molar-refractivity contribution in [1.82, 2.24) is 5.32 Å². The molecule has 0 saturated carbocycles. The van der Waals surface area contributed by atoms with E-state index in [1.54, 1.807) is 40.9 Å². The van der Waals surface area contributed by atoms with E-state index in [0.29, 0.717) is 0 Å². The molecule has 5 nitrogen and oxygen atoms in total. The predicted octanol–water partition coefficient (Wildman–Crippen LogP) is 2.11. The summed E-state index contributed by atoms with van der Waals surface area (Å²) in [6.45, 7) is 8.69. The van der Waals surface area contributed by atoms with E-state index in [1.165, 1.54) is 11.8 Å². The highest BCUT2D eigenvalue weighted by atomic mass is 32.2. The van der Waals surface area contributed by atoms with Crippen LogP contribution in [0.25, 0.3) is 0 Å². The Bertz CT molecular complexity index is 296. The molecule has 0 aromatic heterocycles. The van der Waals surface area contributed by atoms with Gasteiger partial charge in [0, 0.05) is 4.75 Å². The molecule has 0 fully saturated rings. The molecule has 2 N–H and O–H groups in total. The van der Waals surface area contributed by atoms with Crippen LogP contribution in [0, 0.1) is 0 Å². The number of amides is 1. The lowest BCUT2D eigenvalue weighted by molar-refractivity contribution is -0.140. The Labute approximate surface area is 106 Å². The molecule has 1 amide bonds. The van der Waals surface area contributed by atoms with Crippen LogP contribution in [0.4, 0.5) is 4.79 Å². The molecule has 0 unspecified atom stereocenters. The third kappa shape index (κ3) is 5.81. The SMILES string of the molecule is CSC(C)(C)[C@H](NC(=O)OC(C)(C)C)C(=O)O. The van der Waals surface area contributed by atoms with Crippen LogP contribution >= 0.6 is 11.8 Å². The van der Waals surface area contributed by atoms with Crippen molar-refractivity contribution >= 4 is 23.8 Å².